The van der Waals surface area contributed by atoms with Gasteiger partial charge >= 0.3 is 0 Å². The molecule has 0 atom stereocenters. The van der Waals surface area contributed by atoms with Gasteiger partial charge in [-0.1, -0.05) is 6.92 Å². The number of ether oxygens (including phenoxy) is 2. The molecule has 0 unspecified atom stereocenters. The highest BCUT2D eigenvalue weighted by Gasteiger charge is 2.15. The van der Waals surface area contributed by atoms with E-state index >= 15 is 0 Å². The fraction of sp³-hybridized carbons (Fsp3) is 0.364. The first-order valence-corrected chi connectivity index (χ1v) is 9.53. The van der Waals surface area contributed by atoms with Gasteiger partial charge in [0.25, 0.3) is 5.91 Å². The predicted octanol–water partition coefficient (Wildman–Crippen LogP) is 4.22. The van der Waals surface area contributed by atoms with Gasteiger partial charge in [0.15, 0.2) is 11.5 Å². The molecule has 2 heterocycles. The van der Waals surface area contributed by atoms with Crippen molar-refractivity contribution < 1.29 is 14.3 Å². The number of fused-ring (bicyclic) bond motifs is 1. The Labute approximate surface area is 165 Å². The summed E-state index contributed by atoms with van der Waals surface area (Å²) in [5, 5.41) is 12.3. The number of amides is 1. The molecule has 1 aliphatic rings. The molecule has 1 N–H and O–H groups in total. The molecule has 0 bridgehead atoms. The van der Waals surface area contributed by atoms with Gasteiger partial charge in [0.05, 0.1) is 13.2 Å². The number of carbonyl (C=O) groups is 1. The summed E-state index contributed by atoms with van der Waals surface area (Å²) >= 11 is 0. The van der Waals surface area contributed by atoms with Crippen LogP contribution in [0.1, 0.15) is 36.7 Å². The lowest BCUT2D eigenvalue weighted by Crippen LogP contribution is -2.13. The van der Waals surface area contributed by atoms with Gasteiger partial charge in [-0.05, 0) is 50.1 Å². The van der Waals surface area contributed by atoms with Crippen molar-refractivity contribution in [3.63, 3.8) is 0 Å². The molecule has 0 fully saturated rings. The molecule has 6 nitrogen and oxygen atoms in total. The molecule has 1 aromatic heterocycles. The maximum Gasteiger partial charge on any atom is 0.266 e. The molecule has 0 saturated carbocycles. The Balaban J connectivity index is 1.81. The second kappa shape index (κ2) is 8.66. The predicted molar refractivity (Wildman–Crippen MR) is 108 cm³/mol. The number of nitrogens with zero attached hydrogens (tertiary/aromatic N) is 2. The standard InChI is InChI=1S/C22H25N3O3/c1-4-8-25-15(2)11-17(16(25)3)12-18(14-23)22(26)24-19-6-7-20-21(13-19)28-10-5-9-27-20/h6-7,11-13H,4-5,8-10H2,1-3H3,(H,24,26)/b18-12-. The van der Waals surface area contributed by atoms with Crippen molar-refractivity contribution in [2.75, 3.05) is 18.5 Å². The number of nitriles is 1. The Morgan fingerprint density at radius 3 is 2.71 bits per heavy atom. The minimum atomic E-state index is -0.447. The minimum absolute atomic E-state index is 0.0591. The van der Waals surface area contributed by atoms with E-state index < -0.39 is 5.91 Å². The van der Waals surface area contributed by atoms with Crippen LogP contribution in [0.4, 0.5) is 5.69 Å². The van der Waals surface area contributed by atoms with Crippen LogP contribution in [-0.2, 0) is 11.3 Å². The van der Waals surface area contributed by atoms with E-state index in [1.165, 1.54) is 0 Å². The highest BCUT2D eigenvalue weighted by atomic mass is 16.5. The van der Waals surface area contributed by atoms with E-state index in [0.717, 1.165) is 36.3 Å². The van der Waals surface area contributed by atoms with Crippen LogP contribution in [0.25, 0.3) is 6.08 Å². The number of aromatic nitrogens is 1. The van der Waals surface area contributed by atoms with Gasteiger partial charge in [-0.3, -0.25) is 4.79 Å². The second-order valence-corrected chi connectivity index (χ2v) is 6.81. The molecule has 146 valence electrons. The Hall–Kier alpha value is -3.20. The number of hydrogen-bond acceptors (Lipinski definition) is 4. The fourth-order valence-electron chi connectivity index (χ4n) is 3.29. The fourth-order valence-corrected chi connectivity index (χ4v) is 3.29. The van der Waals surface area contributed by atoms with Gasteiger partial charge < -0.3 is 19.4 Å². The molecule has 2 aromatic rings. The number of benzene rings is 1. The maximum absolute atomic E-state index is 12.6. The first kappa shape index (κ1) is 19.6. The summed E-state index contributed by atoms with van der Waals surface area (Å²) in [6.45, 7) is 8.25. The molecule has 1 aromatic carbocycles. The largest absolute Gasteiger partial charge is 0.490 e. The number of carbonyl (C=O) groups excluding carboxylic acids is 1. The topological polar surface area (TPSA) is 76.3 Å². The van der Waals surface area contributed by atoms with E-state index in [-0.39, 0.29) is 5.57 Å². The van der Waals surface area contributed by atoms with Crippen molar-refractivity contribution in [1.29, 1.82) is 5.26 Å². The zero-order chi connectivity index (χ0) is 20.1. The van der Waals surface area contributed by atoms with Crippen molar-refractivity contribution in [2.24, 2.45) is 0 Å². The Bertz CT molecular complexity index is 951. The molecule has 6 heteroatoms. The smallest absolute Gasteiger partial charge is 0.266 e. The molecule has 0 spiro atoms. The van der Waals surface area contributed by atoms with Gasteiger partial charge in [-0.2, -0.15) is 5.26 Å². The van der Waals surface area contributed by atoms with E-state index in [1.807, 2.05) is 26.0 Å². The van der Waals surface area contributed by atoms with E-state index in [4.69, 9.17) is 9.47 Å². The van der Waals surface area contributed by atoms with Gasteiger partial charge in [-0.25, -0.2) is 0 Å². The minimum Gasteiger partial charge on any atom is -0.490 e. The van der Waals surface area contributed by atoms with Crippen molar-refractivity contribution >= 4 is 17.7 Å². The second-order valence-electron chi connectivity index (χ2n) is 6.81. The van der Waals surface area contributed by atoms with E-state index in [0.29, 0.717) is 30.4 Å². The van der Waals surface area contributed by atoms with Crippen LogP contribution in [0.15, 0.2) is 29.8 Å². The van der Waals surface area contributed by atoms with E-state index in [2.05, 4.69) is 16.8 Å². The Morgan fingerprint density at radius 2 is 2.00 bits per heavy atom. The van der Waals surface area contributed by atoms with Crippen molar-refractivity contribution in [3.8, 4) is 17.6 Å². The number of hydrogen-bond donors (Lipinski definition) is 1. The lowest BCUT2D eigenvalue weighted by atomic mass is 10.1. The lowest BCUT2D eigenvalue weighted by molar-refractivity contribution is -0.112. The highest BCUT2D eigenvalue weighted by Crippen LogP contribution is 2.32. The van der Waals surface area contributed by atoms with Gasteiger partial charge in [-0.15, -0.1) is 0 Å². The SMILES string of the molecule is CCCn1c(C)cc(/C=C(/C#N)C(=O)Nc2ccc3c(c2)OCCCO3)c1C. The lowest BCUT2D eigenvalue weighted by Gasteiger charge is -2.10. The summed E-state index contributed by atoms with van der Waals surface area (Å²) in [7, 11) is 0. The normalized spacial score (nSPS) is 13.6. The molecule has 0 aliphatic carbocycles. The third-order valence-electron chi connectivity index (χ3n) is 4.73. The first-order valence-electron chi connectivity index (χ1n) is 9.53. The van der Waals surface area contributed by atoms with Gasteiger partial charge in [0.2, 0.25) is 0 Å². The quantitative estimate of drug-likeness (QED) is 0.623. The third-order valence-corrected chi connectivity index (χ3v) is 4.73. The number of nitrogens with one attached hydrogen (secondary N) is 1. The first-order chi connectivity index (χ1) is 13.5. The van der Waals surface area contributed by atoms with Crippen LogP contribution in [-0.4, -0.2) is 23.7 Å². The molecule has 1 amide bonds. The summed E-state index contributed by atoms with van der Waals surface area (Å²) in [6.07, 6.45) is 3.48. The van der Waals surface area contributed by atoms with Crippen LogP contribution in [0.2, 0.25) is 0 Å². The average molecular weight is 379 g/mol. The van der Waals surface area contributed by atoms with Gasteiger partial charge in [0.1, 0.15) is 11.6 Å². The number of anilines is 1. The van der Waals surface area contributed by atoms with Crippen LogP contribution < -0.4 is 14.8 Å². The highest BCUT2D eigenvalue weighted by molar-refractivity contribution is 6.09. The molecule has 0 saturated heterocycles. The summed E-state index contributed by atoms with van der Waals surface area (Å²) in [5.74, 6) is 0.813. The zero-order valence-electron chi connectivity index (χ0n) is 16.5. The summed E-state index contributed by atoms with van der Waals surface area (Å²) in [6, 6.07) is 9.25. The summed E-state index contributed by atoms with van der Waals surface area (Å²) < 4.78 is 13.4. The maximum atomic E-state index is 12.6. The monoisotopic (exact) mass is 379 g/mol. The molecular weight excluding hydrogens is 354 g/mol. The van der Waals surface area contributed by atoms with Gasteiger partial charge in [0, 0.05) is 36.1 Å². The van der Waals surface area contributed by atoms with Crippen LogP contribution in [0, 0.1) is 25.2 Å². The Kier molecular flexibility index (Phi) is 6.05. The van der Waals surface area contributed by atoms with Crippen molar-refractivity contribution in [1.82, 2.24) is 4.57 Å². The number of rotatable bonds is 5. The summed E-state index contributed by atoms with van der Waals surface area (Å²) in [4.78, 5) is 12.6. The molecule has 3 rings (SSSR count). The Morgan fingerprint density at radius 1 is 1.25 bits per heavy atom. The van der Waals surface area contributed by atoms with Crippen LogP contribution in [0.3, 0.4) is 0 Å². The van der Waals surface area contributed by atoms with Crippen molar-refractivity contribution in [3.05, 3.63) is 46.8 Å². The number of aryl methyl sites for hydroxylation is 1. The molecule has 28 heavy (non-hydrogen) atoms. The average Bonchev–Trinajstić information content (AvgIpc) is 2.85. The van der Waals surface area contributed by atoms with E-state index in [1.54, 1.807) is 24.3 Å². The van der Waals surface area contributed by atoms with E-state index in [9.17, 15) is 10.1 Å². The molecule has 0 radical (unpaired) electrons. The summed E-state index contributed by atoms with van der Waals surface area (Å²) in [5.41, 5.74) is 3.67. The van der Waals surface area contributed by atoms with Crippen molar-refractivity contribution in [2.45, 2.75) is 40.2 Å². The van der Waals surface area contributed by atoms with Crippen LogP contribution >= 0.6 is 0 Å². The zero-order valence-corrected chi connectivity index (χ0v) is 16.5. The molecular formula is C22H25N3O3. The molecule has 1 aliphatic heterocycles. The van der Waals surface area contributed by atoms with Crippen LogP contribution in [0.5, 0.6) is 11.5 Å². The third kappa shape index (κ3) is 4.20.